The first-order valence-electron chi connectivity index (χ1n) is 11.4. The molecule has 2 amide bonds. The smallest absolute Gasteiger partial charge is 0.255 e. The summed E-state index contributed by atoms with van der Waals surface area (Å²) in [4.78, 5) is 28.0. The van der Waals surface area contributed by atoms with Crippen LogP contribution in [0.15, 0.2) is 72.8 Å². The fourth-order valence-electron chi connectivity index (χ4n) is 4.07. The van der Waals surface area contributed by atoms with E-state index in [0.717, 1.165) is 43.6 Å². The zero-order valence-corrected chi connectivity index (χ0v) is 18.5. The van der Waals surface area contributed by atoms with Crippen LogP contribution in [0.25, 0.3) is 0 Å². The molecule has 0 radical (unpaired) electrons. The third-order valence-corrected chi connectivity index (χ3v) is 5.84. The highest BCUT2D eigenvalue weighted by atomic mass is 19.1. The Labute approximate surface area is 193 Å². The Kier molecular flexibility index (Phi) is 7.35. The van der Waals surface area contributed by atoms with E-state index in [1.54, 1.807) is 6.07 Å². The van der Waals surface area contributed by atoms with E-state index < -0.39 is 5.82 Å². The van der Waals surface area contributed by atoms with Crippen LogP contribution in [-0.2, 0) is 6.42 Å². The molecule has 0 aromatic heterocycles. The van der Waals surface area contributed by atoms with Crippen LogP contribution in [0, 0.1) is 5.82 Å². The van der Waals surface area contributed by atoms with Crippen LogP contribution < -0.4 is 15.5 Å². The lowest BCUT2D eigenvalue weighted by Crippen LogP contribution is -2.33. The first-order chi connectivity index (χ1) is 16.1. The van der Waals surface area contributed by atoms with E-state index in [4.69, 9.17) is 0 Å². The minimum Gasteiger partial charge on any atom is -0.371 e. The Morgan fingerprint density at radius 1 is 0.848 bits per heavy atom. The molecule has 1 aliphatic rings. The summed E-state index contributed by atoms with van der Waals surface area (Å²) >= 11 is 0. The molecule has 0 atom stereocenters. The topological polar surface area (TPSA) is 61.4 Å². The number of anilines is 2. The molecule has 0 saturated carbocycles. The number of hydrogen-bond donors (Lipinski definition) is 2. The van der Waals surface area contributed by atoms with Gasteiger partial charge >= 0.3 is 0 Å². The van der Waals surface area contributed by atoms with E-state index in [1.165, 1.54) is 30.7 Å². The van der Waals surface area contributed by atoms with Crippen LogP contribution in [0.5, 0.6) is 0 Å². The molecule has 5 nitrogen and oxygen atoms in total. The predicted octanol–water partition coefficient (Wildman–Crippen LogP) is 5.04. The van der Waals surface area contributed by atoms with Gasteiger partial charge in [-0.25, -0.2) is 4.39 Å². The Hall–Kier alpha value is -3.67. The summed E-state index contributed by atoms with van der Waals surface area (Å²) in [5.41, 5.74) is 3.46. The molecule has 4 rings (SSSR count). The first kappa shape index (κ1) is 22.5. The van der Waals surface area contributed by atoms with Gasteiger partial charge in [0.2, 0.25) is 0 Å². The summed E-state index contributed by atoms with van der Waals surface area (Å²) in [5, 5.41) is 5.85. The van der Waals surface area contributed by atoms with Crippen molar-refractivity contribution in [1.29, 1.82) is 0 Å². The Balaban J connectivity index is 1.51. The van der Waals surface area contributed by atoms with Crippen molar-refractivity contribution >= 4 is 23.2 Å². The lowest BCUT2D eigenvalue weighted by molar-refractivity contribution is 0.0953. The molecule has 170 valence electrons. The standard InChI is InChI=1S/C27H28FN3O2/c28-22-11-9-21(10-12-22)26(32)30-23-13-14-25(31-17-5-2-6-18-31)24(19-23)27(33)29-16-15-20-7-3-1-4-8-20/h1,3-4,7-14,19H,2,5-6,15-18H2,(H,29,33)(H,30,32). The number of nitrogens with one attached hydrogen (secondary N) is 2. The van der Waals surface area contributed by atoms with Crippen molar-refractivity contribution in [3.05, 3.63) is 95.3 Å². The molecule has 6 heteroatoms. The van der Waals surface area contributed by atoms with Gasteiger partial charge < -0.3 is 15.5 Å². The van der Waals surface area contributed by atoms with Gasteiger partial charge in [-0.3, -0.25) is 9.59 Å². The minimum absolute atomic E-state index is 0.163. The maximum Gasteiger partial charge on any atom is 0.255 e. The van der Waals surface area contributed by atoms with Gasteiger partial charge in [-0.2, -0.15) is 0 Å². The van der Waals surface area contributed by atoms with E-state index in [-0.39, 0.29) is 11.8 Å². The third-order valence-electron chi connectivity index (χ3n) is 5.84. The lowest BCUT2D eigenvalue weighted by Gasteiger charge is -2.30. The number of hydrogen-bond acceptors (Lipinski definition) is 3. The molecule has 3 aromatic rings. The average Bonchev–Trinajstić information content (AvgIpc) is 2.85. The highest BCUT2D eigenvalue weighted by Gasteiger charge is 2.20. The second kappa shape index (κ2) is 10.8. The van der Waals surface area contributed by atoms with Gasteiger partial charge in [0.1, 0.15) is 5.82 Å². The number of halogens is 1. The van der Waals surface area contributed by atoms with Crippen LogP contribution in [0.3, 0.4) is 0 Å². The highest BCUT2D eigenvalue weighted by Crippen LogP contribution is 2.27. The molecule has 1 fully saturated rings. The van der Waals surface area contributed by atoms with E-state index in [9.17, 15) is 14.0 Å². The molecule has 1 aliphatic heterocycles. The van der Waals surface area contributed by atoms with Crippen molar-refractivity contribution in [3.8, 4) is 0 Å². The van der Waals surface area contributed by atoms with Crippen LogP contribution in [0.4, 0.5) is 15.8 Å². The molecule has 0 bridgehead atoms. The number of amides is 2. The van der Waals surface area contributed by atoms with E-state index in [1.807, 2.05) is 42.5 Å². The van der Waals surface area contributed by atoms with Gasteiger partial charge in [-0.15, -0.1) is 0 Å². The number of rotatable bonds is 7. The first-order valence-corrected chi connectivity index (χ1v) is 11.4. The van der Waals surface area contributed by atoms with Gasteiger partial charge in [0.15, 0.2) is 0 Å². The van der Waals surface area contributed by atoms with Crippen LogP contribution in [0.1, 0.15) is 45.5 Å². The van der Waals surface area contributed by atoms with Crippen molar-refractivity contribution in [2.75, 3.05) is 29.9 Å². The maximum absolute atomic E-state index is 13.2. The fourth-order valence-corrected chi connectivity index (χ4v) is 4.07. The van der Waals surface area contributed by atoms with Gasteiger partial charge in [0.05, 0.1) is 5.56 Å². The highest BCUT2D eigenvalue weighted by molar-refractivity contribution is 6.06. The van der Waals surface area contributed by atoms with Crippen molar-refractivity contribution in [2.45, 2.75) is 25.7 Å². The Morgan fingerprint density at radius 3 is 2.30 bits per heavy atom. The molecule has 0 spiro atoms. The van der Waals surface area contributed by atoms with E-state index in [2.05, 4.69) is 15.5 Å². The van der Waals surface area contributed by atoms with Gasteiger partial charge in [0, 0.05) is 36.6 Å². The summed E-state index contributed by atoms with van der Waals surface area (Å²) in [6.07, 6.45) is 4.13. The predicted molar refractivity (Wildman–Crippen MR) is 129 cm³/mol. The summed E-state index contributed by atoms with van der Waals surface area (Å²) < 4.78 is 13.2. The van der Waals surface area contributed by atoms with E-state index in [0.29, 0.717) is 23.4 Å². The minimum atomic E-state index is -0.396. The summed E-state index contributed by atoms with van der Waals surface area (Å²) in [7, 11) is 0. The quantitative estimate of drug-likeness (QED) is 0.536. The van der Waals surface area contributed by atoms with Crippen LogP contribution in [0.2, 0.25) is 0 Å². The molecule has 1 saturated heterocycles. The zero-order valence-electron chi connectivity index (χ0n) is 18.5. The molecule has 2 N–H and O–H groups in total. The molecule has 0 unspecified atom stereocenters. The van der Waals surface area contributed by atoms with Crippen molar-refractivity contribution in [2.24, 2.45) is 0 Å². The number of piperidine rings is 1. The average molecular weight is 446 g/mol. The van der Waals surface area contributed by atoms with Gasteiger partial charge in [-0.1, -0.05) is 30.3 Å². The number of benzene rings is 3. The normalized spacial score (nSPS) is 13.4. The summed E-state index contributed by atoms with van der Waals surface area (Å²) in [6, 6.07) is 20.8. The van der Waals surface area contributed by atoms with Crippen LogP contribution >= 0.6 is 0 Å². The fraction of sp³-hybridized carbons (Fsp3) is 0.259. The SMILES string of the molecule is O=C(Nc1ccc(N2CCCCC2)c(C(=O)NCCc2ccccc2)c1)c1ccc(F)cc1. The molecule has 1 heterocycles. The number of carbonyl (C=O) groups excluding carboxylic acids is 2. The second-order valence-electron chi connectivity index (χ2n) is 8.23. The number of nitrogens with zero attached hydrogens (tertiary/aromatic N) is 1. The molecule has 33 heavy (non-hydrogen) atoms. The Morgan fingerprint density at radius 2 is 1.58 bits per heavy atom. The van der Waals surface area contributed by atoms with Gasteiger partial charge in [0.25, 0.3) is 11.8 Å². The lowest BCUT2D eigenvalue weighted by atomic mass is 10.1. The molecule has 3 aromatic carbocycles. The summed E-state index contributed by atoms with van der Waals surface area (Å²) in [6.45, 7) is 2.34. The third kappa shape index (κ3) is 5.98. The maximum atomic E-state index is 13.2. The van der Waals surface area contributed by atoms with E-state index >= 15 is 0 Å². The monoisotopic (exact) mass is 445 g/mol. The Bertz CT molecular complexity index is 1090. The van der Waals surface area contributed by atoms with Crippen molar-refractivity contribution in [3.63, 3.8) is 0 Å². The van der Waals surface area contributed by atoms with Crippen molar-refractivity contribution in [1.82, 2.24) is 5.32 Å². The van der Waals surface area contributed by atoms with Crippen LogP contribution in [-0.4, -0.2) is 31.4 Å². The van der Waals surface area contributed by atoms with Crippen molar-refractivity contribution < 1.29 is 14.0 Å². The molecular weight excluding hydrogens is 417 g/mol. The molecular formula is C27H28FN3O2. The van der Waals surface area contributed by atoms with Gasteiger partial charge in [-0.05, 0) is 73.7 Å². The molecule has 0 aliphatic carbocycles. The number of carbonyl (C=O) groups is 2. The largest absolute Gasteiger partial charge is 0.371 e. The summed E-state index contributed by atoms with van der Waals surface area (Å²) in [5.74, 6) is -0.910. The zero-order chi connectivity index (χ0) is 23.0. The second-order valence-corrected chi connectivity index (χ2v) is 8.23.